The van der Waals surface area contributed by atoms with Crippen LogP contribution in [0.15, 0.2) is 24.3 Å². The molecule has 1 spiro atoms. The van der Waals surface area contributed by atoms with Crippen LogP contribution in [0.3, 0.4) is 0 Å². The summed E-state index contributed by atoms with van der Waals surface area (Å²) in [5.41, 5.74) is -0.460. The fraction of sp³-hybridized carbons (Fsp3) is 0.600. The molecule has 0 aromatic carbocycles. The molecule has 1 aliphatic heterocycles. The maximum absolute atomic E-state index is 12.1. The molecular formula is C15H19NO4. The van der Waals surface area contributed by atoms with Gasteiger partial charge in [0.25, 0.3) is 0 Å². The highest BCUT2D eigenvalue weighted by molar-refractivity contribution is 5.72. The van der Waals surface area contributed by atoms with Crippen molar-refractivity contribution < 1.29 is 19.4 Å². The van der Waals surface area contributed by atoms with E-state index in [1.54, 1.807) is 4.90 Å². The van der Waals surface area contributed by atoms with Gasteiger partial charge in [0, 0.05) is 0 Å². The minimum absolute atomic E-state index is 0.0732. The van der Waals surface area contributed by atoms with E-state index >= 15 is 0 Å². The van der Waals surface area contributed by atoms with E-state index in [9.17, 15) is 9.59 Å². The lowest BCUT2D eigenvalue weighted by molar-refractivity contribution is -0.144. The van der Waals surface area contributed by atoms with Gasteiger partial charge < -0.3 is 9.84 Å². The van der Waals surface area contributed by atoms with E-state index < -0.39 is 11.6 Å². The average Bonchev–Trinajstić information content (AvgIpc) is 2.77. The molecule has 0 radical (unpaired) electrons. The second kappa shape index (κ2) is 4.96. The van der Waals surface area contributed by atoms with E-state index in [1.165, 1.54) is 0 Å². The van der Waals surface area contributed by atoms with E-state index in [2.05, 4.69) is 0 Å². The largest absolute Gasteiger partial charge is 0.481 e. The summed E-state index contributed by atoms with van der Waals surface area (Å²) in [5, 5.41) is 9.04. The summed E-state index contributed by atoms with van der Waals surface area (Å²) in [5.74, 6) is -1.02. The van der Waals surface area contributed by atoms with Crippen LogP contribution in [0.25, 0.3) is 0 Å². The number of ether oxygens (including phenoxy) is 1. The van der Waals surface area contributed by atoms with Crippen molar-refractivity contribution >= 4 is 12.1 Å². The Bertz CT molecular complexity index is 474. The monoisotopic (exact) mass is 277 g/mol. The predicted octanol–water partition coefficient (Wildman–Crippen LogP) is 2.34. The van der Waals surface area contributed by atoms with Crippen molar-refractivity contribution in [2.24, 2.45) is 5.92 Å². The van der Waals surface area contributed by atoms with E-state index in [0.717, 1.165) is 6.42 Å². The molecule has 2 aliphatic carbocycles. The lowest BCUT2D eigenvalue weighted by Crippen LogP contribution is -2.42. The van der Waals surface area contributed by atoms with Crippen LogP contribution in [-0.4, -0.2) is 40.3 Å². The SMILES string of the molecule is O=C(O)C1CCC2(CC1)CN(C1C=CC=CC1)C(=O)O2. The van der Waals surface area contributed by atoms with Crippen molar-refractivity contribution in [2.75, 3.05) is 6.54 Å². The van der Waals surface area contributed by atoms with E-state index in [1.807, 2.05) is 24.3 Å². The molecule has 1 amide bonds. The Hall–Kier alpha value is -1.78. The zero-order valence-electron chi connectivity index (χ0n) is 11.3. The standard InChI is InChI=1S/C15H19NO4/c17-13(18)11-6-8-15(9-7-11)10-16(14(19)20-15)12-4-2-1-3-5-12/h1-4,11-12H,5-10H2,(H,17,18). The number of carboxylic acid groups (broad SMARTS) is 1. The molecular weight excluding hydrogens is 258 g/mol. The number of nitrogens with zero attached hydrogens (tertiary/aromatic N) is 1. The molecule has 0 aromatic rings. The van der Waals surface area contributed by atoms with Crippen LogP contribution in [0.2, 0.25) is 0 Å². The Balaban J connectivity index is 1.66. The molecule has 1 heterocycles. The molecule has 2 fully saturated rings. The first kappa shape index (κ1) is 13.2. The van der Waals surface area contributed by atoms with Crippen LogP contribution >= 0.6 is 0 Å². The summed E-state index contributed by atoms with van der Waals surface area (Å²) in [6.07, 6.45) is 11.0. The molecule has 5 heteroatoms. The summed E-state index contributed by atoms with van der Waals surface area (Å²) >= 11 is 0. The molecule has 1 saturated heterocycles. The average molecular weight is 277 g/mol. The van der Waals surface area contributed by atoms with E-state index in [4.69, 9.17) is 9.84 Å². The quantitative estimate of drug-likeness (QED) is 0.841. The molecule has 1 unspecified atom stereocenters. The summed E-state index contributed by atoms with van der Waals surface area (Å²) in [4.78, 5) is 24.9. The molecule has 1 atom stereocenters. The summed E-state index contributed by atoms with van der Waals surface area (Å²) in [6.45, 7) is 0.584. The van der Waals surface area contributed by atoms with Crippen LogP contribution in [0, 0.1) is 5.92 Å². The van der Waals surface area contributed by atoms with Gasteiger partial charge in [0.05, 0.1) is 18.5 Å². The Labute approximate surface area is 117 Å². The zero-order valence-corrected chi connectivity index (χ0v) is 11.3. The minimum Gasteiger partial charge on any atom is -0.481 e. The number of hydrogen-bond acceptors (Lipinski definition) is 3. The van der Waals surface area contributed by atoms with Gasteiger partial charge >= 0.3 is 12.1 Å². The van der Waals surface area contributed by atoms with Crippen LogP contribution in [0.1, 0.15) is 32.1 Å². The van der Waals surface area contributed by atoms with Gasteiger partial charge in [-0.1, -0.05) is 24.3 Å². The Morgan fingerprint density at radius 2 is 2.10 bits per heavy atom. The highest BCUT2D eigenvalue weighted by atomic mass is 16.6. The summed E-state index contributed by atoms with van der Waals surface area (Å²) in [7, 11) is 0. The molecule has 5 nitrogen and oxygen atoms in total. The van der Waals surface area contributed by atoms with Gasteiger partial charge in [-0.3, -0.25) is 9.69 Å². The van der Waals surface area contributed by atoms with E-state index in [0.29, 0.717) is 32.2 Å². The third-order valence-electron chi connectivity index (χ3n) is 4.60. The van der Waals surface area contributed by atoms with Gasteiger partial charge in [-0.05, 0) is 32.1 Å². The molecule has 0 bridgehead atoms. The third-order valence-corrected chi connectivity index (χ3v) is 4.60. The molecule has 20 heavy (non-hydrogen) atoms. The van der Waals surface area contributed by atoms with Gasteiger partial charge in [0.1, 0.15) is 5.60 Å². The number of aliphatic carboxylic acids is 1. The molecule has 1 N–H and O–H groups in total. The molecule has 1 saturated carbocycles. The predicted molar refractivity (Wildman–Crippen MR) is 72.2 cm³/mol. The molecule has 3 aliphatic rings. The Morgan fingerprint density at radius 3 is 2.70 bits per heavy atom. The first-order valence-corrected chi connectivity index (χ1v) is 7.15. The van der Waals surface area contributed by atoms with E-state index in [-0.39, 0.29) is 18.1 Å². The van der Waals surface area contributed by atoms with Gasteiger partial charge in [-0.25, -0.2) is 4.79 Å². The second-order valence-corrected chi connectivity index (χ2v) is 5.91. The van der Waals surface area contributed by atoms with Crippen molar-refractivity contribution in [1.29, 1.82) is 0 Å². The zero-order chi connectivity index (χ0) is 14.2. The Morgan fingerprint density at radius 1 is 1.35 bits per heavy atom. The van der Waals surface area contributed by atoms with Gasteiger partial charge in [0.2, 0.25) is 0 Å². The van der Waals surface area contributed by atoms with Gasteiger partial charge in [-0.15, -0.1) is 0 Å². The number of carbonyl (C=O) groups is 2. The molecule has 0 aromatic heterocycles. The minimum atomic E-state index is -0.735. The smallest absolute Gasteiger partial charge is 0.411 e. The maximum atomic E-state index is 12.1. The fourth-order valence-corrected chi connectivity index (χ4v) is 3.35. The number of hydrogen-bond donors (Lipinski definition) is 1. The maximum Gasteiger partial charge on any atom is 0.411 e. The number of carboxylic acids is 1. The highest BCUT2D eigenvalue weighted by Gasteiger charge is 2.49. The van der Waals surface area contributed by atoms with Crippen LogP contribution in [0.4, 0.5) is 4.79 Å². The topological polar surface area (TPSA) is 66.8 Å². The normalized spacial score (nSPS) is 36.4. The van der Waals surface area contributed by atoms with Crippen molar-refractivity contribution in [1.82, 2.24) is 4.90 Å². The molecule has 3 rings (SSSR count). The lowest BCUT2D eigenvalue weighted by Gasteiger charge is -2.34. The number of allylic oxidation sites excluding steroid dienone is 2. The second-order valence-electron chi connectivity index (χ2n) is 5.91. The Kier molecular flexibility index (Phi) is 3.28. The highest BCUT2D eigenvalue weighted by Crippen LogP contribution is 2.40. The van der Waals surface area contributed by atoms with Crippen molar-refractivity contribution in [3.63, 3.8) is 0 Å². The lowest BCUT2D eigenvalue weighted by atomic mass is 9.78. The van der Waals surface area contributed by atoms with Crippen molar-refractivity contribution in [2.45, 2.75) is 43.7 Å². The molecule has 108 valence electrons. The number of carbonyl (C=O) groups excluding carboxylic acids is 1. The van der Waals surface area contributed by atoms with Gasteiger partial charge in [0.15, 0.2) is 0 Å². The number of amides is 1. The fourth-order valence-electron chi connectivity index (χ4n) is 3.35. The third kappa shape index (κ3) is 2.32. The van der Waals surface area contributed by atoms with Gasteiger partial charge in [-0.2, -0.15) is 0 Å². The van der Waals surface area contributed by atoms with Crippen molar-refractivity contribution in [3.8, 4) is 0 Å². The summed E-state index contributed by atoms with van der Waals surface area (Å²) < 4.78 is 5.62. The number of rotatable bonds is 2. The van der Waals surface area contributed by atoms with Crippen LogP contribution in [-0.2, 0) is 9.53 Å². The van der Waals surface area contributed by atoms with Crippen molar-refractivity contribution in [3.05, 3.63) is 24.3 Å². The first-order chi connectivity index (χ1) is 9.60. The first-order valence-electron chi connectivity index (χ1n) is 7.15. The van der Waals surface area contributed by atoms with Crippen LogP contribution in [0.5, 0.6) is 0 Å². The summed E-state index contributed by atoms with van der Waals surface area (Å²) in [6, 6.07) is 0.0732. The van der Waals surface area contributed by atoms with Crippen LogP contribution < -0.4 is 0 Å².